The predicted octanol–water partition coefficient (Wildman–Crippen LogP) is 6.63. The second kappa shape index (κ2) is 15.2. The van der Waals surface area contributed by atoms with E-state index in [1.165, 1.54) is 14.2 Å². The molecule has 4 aromatic rings. The van der Waals surface area contributed by atoms with Gasteiger partial charge in [0, 0.05) is 47.8 Å². The van der Waals surface area contributed by atoms with Crippen molar-refractivity contribution in [3.63, 3.8) is 0 Å². The Morgan fingerprint density at radius 2 is 1.52 bits per heavy atom. The molecule has 7 rings (SSSR count). The Morgan fingerprint density at radius 3 is 2.17 bits per heavy atom. The molecule has 0 saturated carbocycles. The fourth-order valence-corrected chi connectivity index (χ4v) is 7.95. The molecule has 3 aromatic heterocycles. The molecule has 286 valence electrons. The molecule has 2 fully saturated rings. The van der Waals surface area contributed by atoms with Crippen molar-refractivity contribution in [2.75, 3.05) is 27.3 Å². The maximum absolute atomic E-state index is 13.6. The number of carbonyl (C=O) groups is 4. The van der Waals surface area contributed by atoms with Crippen LogP contribution in [0.3, 0.4) is 0 Å². The number of imidazole rings is 1. The number of carbonyl (C=O) groups excluding carboxylic acids is 4. The summed E-state index contributed by atoms with van der Waals surface area (Å²) in [5.41, 5.74) is 3.97. The number of rotatable bonds is 11. The molecule has 14 heteroatoms. The van der Waals surface area contributed by atoms with E-state index < -0.39 is 18.1 Å². The molecule has 3 aliphatic heterocycles. The topological polar surface area (TPSA) is 173 Å². The fourth-order valence-electron chi connectivity index (χ4n) is 7.95. The van der Waals surface area contributed by atoms with Gasteiger partial charge in [0.25, 0.3) is 0 Å². The lowest BCUT2D eigenvalue weighted by molar-refractivity contribution is -0.148. The molecule has 0 radical (unpaired) electrons. The predicted molar refractivity (Wildman–Crippen MR) is 201 cm³/mol. The van der Waals surface area contributed by atoms with Crippen LogP contribution in [0.4, 0.5) is 4.79 Å². The number of nitrogens with one attached hydrogen (secondary N) is 2. The second-order valence-corrected chi connectivity index (χ2v) is 15.2. The van der Waals surface area contributed by atoms with Crippen molar-refractivity contribution < 1.29 is 37.5 Å². The molecule has 6 heterocycles. The smallest absolute Gasteiger partial charge is 0.407 e. The average molecular weight is 741 g/mol. The first-order valence-corrected chi connectivity index (χ1v) is 18.8. The number of furan rings is 2. The van der Waals surface area contributed by atoms with E-state index >= 15 is 0 Å². The van der Waals surface area contributed by atoms with Crippen LogP contribution in [-0.4, -0.2) is 88.7 Å². The number of alkyl carbamates (subject to hydrolysis) is 1. The van der Waals surface area contributed by atoms with E-state index in [9.17, 15) is 19.2 Å². The van der Waals surface area contributed by atoms with Gasteiger partial charge in [-0.2, -0.15) is 0 Å². The van der Waals surface area contributed by atoms with E-state index in [4.69, 9.17) is 23.3 Å². The number of likely N-dealkylation sites (tertiary alicyclic amines) is 2. The molecule has 4 atom stereocenters. The summed E-state index contributed by atoms with van der Waals surface area (Å²) < 4.78 is 22.3. The molecule has 2 N–H and O–H groups in total. The highest BCUT2D eigenvalue weighted by Gasteiger charge is 2.40. The van der Waals surface area contributed by atoms with Crippen LogP contribution in [0.25, 0.3) is 39.0 Å². The lowest BCUT2D eigenvalue weighted by Crippen LogP contribution is -2.51. The molecular weight excluding hydrogens is 692 g/mol. The third-order valence-electron chi connectivity index (χ3n) is 11.0. The molecule has 1 aromatic carbocycles. The van der Waals surface area contributed by atoms with Gasteiger partial charge in [0.05, 0.1) is 44.8 Å². The highest BCUT2D eigenvalue weighted by Crippen LogP contribution is 2.38. The van der Waals surface area contributed by atoms with E-state index in [0.717, 1.165) is 47.7 Å². The van der Waals surface area contributed by atoms with Crippen molar-refractivity contribution in [3.05, 3.63) is 48.2 Å². The van der Waals surface area contributed by atoms with E-state index in [0.29, 0.717) is 53.7 Å². The summed E-state index contributed by atoms with van der Waals surface area (Å²) in [5.74, 6) is 0.861. The van der Waals surface area contributed by atoms with Crippen molar-refractivity contribution in [2.45, 2.75) is 84.3 Å². The number of ether oxygens (including phenoxy) is 2. The molecule has 2 saturated heterocycles. The van der Waals surface area contributed by atoms with Crippen LogP contribution in [0.15, 0.2) is 50.5 Å². The number of H-pyrrole nitrogens is 1. The Bertz CT molecular complexity index is 2090. The van der Waals surface area contributed by atoms with Gasteiger partial charge in [0.2, 0.25) is 11.8 Å². The van der Waals surface area contributed by atoms with Gasteiger partial charge in [-0.25, -0.2) is 9.78 Å². The molecule has 0 aliphatic carbocycles. The van der Waals surface area contributed by atoms with Gasteiger partial charge in [0.1, 0.15) is 34.5 Å². The van der Waals surface area contributed by atoms with Gasteiger partial charge in [-0.15, -0.1) is 0 Å². The highest BCUT2D eigenvalue weighted by atomic mass is 16.5. The number of aromatic amines is 1. The summed E-state index contributed by atoms with van der Waals surface area (Å²) in [5, 5.41) is 4.44. The number of allylic oxidation sites excluding steroid dienone is 1. The largest absolute Gasteiger partial charge is 0.469 e. The number of hydrogen-bond donors (Lipinski definition) is 2. The minimum atomic E-state index is -0.711. The van der Waals surface area contributed by atoms with Crippen LogP contribution >= 0.6 is 0 Å². The van der Waals surface area contributed by atoms with Crippen LogP contribution in [0.5, 0.6) is 0 Å². The Kier molecular flexibility index (Phi) is 10.4. The number of amides is 3. The van der Waals surface area contributed by atoms with Crippen LogP contribution in [0.1, 0.15) is 83.8 Å². The molecule has 54 heavy (non-hydrogen) atoms. The zero-order chi connectivity index (χ0) is 38.3. The lowest BCUT2D eigenvalue weighted by Gasteiger charge is -2.30. The van der Waals surface area contributed by atoms with Crippen LogP contribution < -0.4 is 5.32 Å². The van der Waals surface area contributed by atoms with E-state index in [-0.39, 0.29) is 48.1 Å². The molecule has 0 unspecified atom stereocenters. The molecule has 0 spiro atoms. The van der Waals surface area contributed by atoms with E-state index in [1.54, 1.807) is 11.1 Å². The number of benzene rings is 1. The summed E-state index contributed by atoms with van der Waals surface area (Å²) in [6.07, 6.45) is 6.83. The highest BCUT2D eigenvalue weighted by molar-refractivity contribution is 6.04. The van der Waals surface area contributed by atoms with Gasteiger partial charge in [-0.3, -0.25) is 19.4 Å². The van der Waals surface area contributed by atoms with Crippen molar-refractivity contribution in [2.24, 2.45) is 22.7 Å². The van der Waals surface area contributed by atoms with Crippen molar-refractivity contribution in [1.29, 1.82) is 0 Å². The Balaban J connectivity index is 1.03. The number of aliphatic imine (C=N–C) groups is 1. The second-order valence-electron chi connectivity index (χ2n) is 15.2. The third kappa shape index (κ3) is 7.13. The van der Waals surface area contributed by atoms with E-state index in [2.05, 4.69) is 15.3 Å². The first-order valence-electron chi connectivity index (χ1n) is 18.8. The standard InChI is InChI=1S/C40H48N6O8/c1-21(2)26(18-35(47)51-5)38(48)45-11-7-9-29(45)27-13-25(19-41-27)33-16-23-14-32-24(15-31(23)53-33)17-34(54-32)28-20-42-37(43-28)30-10-8-12-46(30)39(49)36(22(3)4)44-40(50)52-6/h14-17,19-22,26,29-30,36H,7-13,18H2,1-6H3,(H,42,43)(H,44,50)/t26-,29-,30-,36-/m0/s1. The lowest BCUT2D eigenvalue weighted by atomic mass is 9.90. The van der Waals surface area contributed by atoms with Gasteiger partial charge in [-0.1, -0.05) is 27.7 Å². The summed E-state index contributed by atoms with van der Waals surface area (Å²) >= 11 is 0. The van der Waals surface area contributed by atoms with Crippen molar-refractivity contribution >= 4 is 57.1 Å². The summed E-state index contributed by atoms with van der Waals surface area (Å²) in [4.78, 5) is 67.7. The molecular formula is C40H48N6O8. The minimum absolute atomic E-state index is 0.00286. The summed E-state index contributed by atoms with van der Waals surface area (Å²) in [6, 6.07) is 6.76. The van der Waals surface area contributed by atoms with E-state index in [1.807, 2.05) is 63.1 Å². The van der Waals surface area contributed by atoms with Crippen LogP contribution in [0.2, 0.25) is 0 Å². The normalized spacial score (nSPS) is 19.9. The summed E-state index contributed by atoms with van der Waals surface area (Å²) in [7, 11) is 2.63. The molecule has 0 bridgehead atoms. The van der Waals surface area contributed by atoms with Gasteiger partial charge in [-0.05, 0) is 61.8 Å². The Hall–Kier alpha value is -5.40. The third-order valence-corrected chi connectivity index (χ3v) is 11.0. The van der Waals surface area contributed by atoms with Crippen molar-refractivity contribution in [3.8, 4) is 11.5 Å². The van der Waals surface area contributed by atoms with Gasteiger partial charge in [0.15, 0.2) is 5.76 Å². The number of aromatic nitrogens is 2. The quantitative estimate of drug-likeness (QED) is 0.160. The molecule has 3 aliphatic rings. The Labute approximate surface area is 313 Å². The monoisotopic (exact) mass is 740 g/mol. The first-order chi connectivity index (χ1) is 25.9. The van der Waals surface area contributed by atoms with Crippen LogP contribution in [-0.2, 0) is 23.9 Å². The van der Waals surface area contributed by atoms with Gasteiger partial charge < -0.3 is 38.4 Å². The fraction of sp³-hybridized carbons (Fsp3) is 0.500. The minimum Gasteiger partial charge on any atom is -0.469 e. The Morgan fingerprint density at radius 1 is 0.870 bits per heavy atom. The maximum atomic E-state index is 13.6. The number of hydrogen-bond acceptors (Lipinski definition) is 10. The first kappa shape index (κ1) is 36.9. The average Bonchev–Trinajstić information content (AvgIpc) is 4.00. The number of methoxy groups -OCH3 is 2. The molecule has 3 amide bonds. The van der Waals surface area contributed by atoms with Gasteiger partial charge >= 0.3 is 12.1 Å². The molecule has 14 nitrogen and oxygen atoms in total. The zero-order valence-electron chi connectivity index (χ0n) is 31.6. The maximum Gasteiger partial charge on any atom is 0.407 e. The number of esters is 1. The zero-order valence-corrected chi connectivity index (χ0v) is 31.6. The summed E-state index contributed by atoms with van der Waals surface area (Å²) in [6.45, 7) is 8.91. The number of nitrogens with zero attached hydrogens (tertiary/aromatic N) is 4. The SMILES string of the molecule is COC(=O)C[C@H](C(=O)N1CCC[C@H]1C1=NC=C(c2cc3cc4oc(-c5cnc([C@@H]6CCCN6C(=O)[C@@H](NC(=O)OC)C(C)C)[nH]5)cc4cc3o2)C1)C(C)C. The van der Waals surface area contributed by atoms with Crippen LogP contribution in [0, 0.1) is 17.8 Å². The van der Waals surface area contributed by atoms with Crippen molar-refractivity contribution in [1.82, 2.24) is 25.1 Å². The number of fused-ring (bicyclic) bond motifs is 2.